The number of fused-ring (bicyclic) bond motifs is 1. The van der Waals surface area contributed by atoms with E-state index in [4.69, 9.17) is 0 Å². The van der Waals surface area contributed by atoms with E-state index in [1.165, 1.54) is 11.3 Å². The lowest BCUT2D eigenvalue weighted by Crippen LogP contribution is -2.17. The number of para-hydroxylation sites is 1. The van der Waals surface area contributed by atoms with E-state index in [2.05, 4.69) is 38.6 Å². The SMILES string of the molecule is O=C(Cc1cccs1)Nc1ccc(N2CCc3ccccc32)nn1. The highest BCUT2D eigenvalue weighted by Crippen LogP contribution is 2.32. The van der Waals surface area contributed by atoms with Crippen molar-refractivity contribution >= 4 is 34.6 Å². The number of amides is 1. The van der Waals surface area contributed by atoms with Crippen LogP contribution in [0.15, 0.2) is 53.9 Å². The first-order chi connectivity index (χ1) is 11.8. The number of aromatic nitrogens is 2. The number of nitrogens with zero attached hydrogens (tertiary/aromatic N) is 3. The molecule has 3 heterocycles. The zero-order valence-electron chi connectivity index (χ0n) is 13.0. The molecule has 0 aliphatic carbocycles. The van der Waals surface area contributed by atoms with Gasteiger partial charge in [-0.3, -0.25) is 4.79 Å². The summed E-state index contributed by atoms with van der Waals surface area (Å²) in [4.78, 5) is 15.2. The van der Waals surface area contributed by atoms with Crippen molar-refractivity contribution in [1.29, 1.82) is 0 Å². The van der Waals surface area contributed by atoms with Crippen LogP contribution in [0.4, 0.5) is 17.3 Å². The average molecular weight is 336 g/mol. The van der Waals surface area contributed by atoms with Gasteiger partial charge in [-0.1, -0.05) is 24.3 Å². The number of hydrogen-bond donors (Lipinski definition) is 1. The molecule has 4 rings (SSSR count). The summed E-state index contributed by atoms with van der Waals surface area (Å²) in [5, 5.41) is 13.2. The Hall–Kier alpha value is -2.73. The van der Waals surface area contributed by atoms with Crippen molar-refractivity contribution in [3.63, 3.8) is 0 Å². The van der Waals surface area contributed by atoms with Crippen LogP contribution in [0, 0.1) is 0 Å². The Bertz CT molecular complexity index is 846. The van der Waals surface area contributed by atoms with Crippen LogP contribution in [-0.2, 0) is 17.6 Å². The molecular formula is C18H16N4OS. The van der Waals surface area contributed by atoms with Crippen LogP contribution in [0.3, 0.4) is 0 Å². The first kappa shape index (κ1) is 14.8. The first-order valence-corrected chi connectivity index (χ1v) is 8.69. The Balaban J connectivity index is 1.45. The van der Waals surface area contributed by atoms with Gasteiger partial charge in [-0.05, 0) is 41.6 Å². The van der Waals surface area contributed by atoms with Crippen LogP contribution in [-0.4, -0.2) is 22.6 Å². The van der Waals surface area contributed by atoms with E-state index in [1.54, 1.807) is 17.4 Å². The van der Waals surface area contributed by atoms with Gasteiger partial charge in [0.15, 0.2) is 11.6 Å². The monoisotopic (exact) mass is 336 g/mol. The van der Waals surface area contributed by atoms with Gasteiger partial charge < -0.3 is 10.2 Å². The topological polar surface area (TPSA) is 58.1 Å². The van der Waals surface area contributed by atoms with Gasteiger partial charge in [-0.25, -0.2) is 0 Å². The van der Waals surface area contributed by atoms with Crippen molar-refractivity contribution in [3.8, 4) is 0 Å². The van der Waals surface area contributed by atoms with E-state index in [9.17, 15) is 4.79 Å². The van der Waals surface area contributed by atoms with Crippen LogP contribution in [0.5, 0.6) is 0 Å². The summed E-state index contributed by atoms with van der Waals surface area (Å²) in [6, 6.07) is 15.9. The third-order valence-electron chi connectivity index (χ3n) is 4.00. The van der Waals surface area contributed by atoms with Gasteiger partial charge in [-0.15, -0.1) is 21.5 Å². The Kier molecular flexibility index (Phi) is 3.96. The molecular weight excluding hydrogens is 320 g/mol. The summed E-state index contributed by atoms with van der Waals surface area (Å²) in [6.07, 6.45) is 1.37. The molecule has 1 N–H and O–H groups in total. The van der Waals surface area contributed by atoms with E-state index in [-0.39, 0.29) is 5.91 Å². The van der Waals surface area contributed by atoms with Gasteiger partial charge in [0.05, 0.1) is 6.42 Å². The predicted octanol–water partition coefficient (Wildman–Crippen LogP) is 3.41. The third kappa shape index (κ3) is 3.00. The smallest absolute Gasteiger partial charge is 0.230 e. The third-order valence-corrected chi connectivity index (χ3v) is 4.87. The molecule has 0 atom stereocenters. The average Bonchev–Trinajstić information content (AvgIpc) is 3.25. The van der Waals surface area contributed by atoms with E-state index in [0.29, 0.717) is 12.2 Å². The van der Waals surface area contributed by atoms with Gasteiger partial charge >= 0.3 is 0 Å². The largest absolute Gasteiger partial charge is 0.324 e. The molecule has 5 nitrogen and oxygen atoms in total. The van der Waals surface area contributed by atoms with Gasteiger partial charge in [0.25, 0.3) is 0 Å². The van der Waals surface area contributed by atoms with Crippen LogP contribution >= 0.6 is 11.3 Å². The van der Waals surface area contributed by atoms with Crippen molar-refractivity contribution in [2.45, 2.75) is 12.8 Å². The normalized spacial score (nSPS) is 12.9. The van der Waals surface area contributed by atoms with Crippen molar-refractivity contribution in [1.82, 2.24) is 10.2 Å². The number of thiophene rings is 1. The van der Waals surface area contributed by atoms with Crippen molar-refractivity contribution in [2.75, 3.05) is 16.8 Å². The van der Waals surface area contributed by atoms with Crippen molar-refractivity contribution in [2.24, 2.45) is 0 Å². The fourth-order valence-electron chi connectivity index (χ4n) is 2.87. The maximum absolute atomic E-state index is 12.0. The number of benzene rings is 1. The fraction of sp³-hybridized carbons (Fsp3) is 0.167. The number of nitrogens with one attached hydrogen (secondary N) is 1. The van der Waals surface area contributed by atoms with E-state index in [1.807, 2.05) is 29.6 Å². The molecule has 3 aromatic rings. The molecule has 1 aliphatic heterocycles. The zero-order valence-corrected chi connectivity index (χ0v) is 13.8. The molecule has 0 fully saturated rings. The van der Waals surface area contributed by atoms with Crippen LogP contribution in [0.25, 0.3) is 0 Å². The molecule has 1 amide bonds. The van der Waals surface area contributed by atoms with Crippen molar-refractivity contribution < 1.29 is 4.79 Å². The number of hydrogen-bond acceptors (Lipinski definition) is 5. The standard InChI is InChI=1S/C18H16N4OS/c23-18(12-14-5-3-11-24-14)19-16-7-8-17(21-20-16)22-10-9-13-4-1-2-6-15(13)22/h1-8,11H,9-10,12H2,(H,19,20,23). The number of anilines is 3. The highest BCUT2D eigenvalue weighted by atomic mass is 32.1. The molecule has 1 aliphatic rings. The van der Waals surface area contributed by atoms with Crippen LogP contribution in [0.1, 0.15) is 10.4 Å². The summed E-state index contributed by atoms with van der Waals surface area (Å²) in [7, 11) is 0. The van der Waals surface area contributed by atoms with E-state index >= 15 is 0 Å². The second-order valence-electron chi connectivity index (χ2n) is 5.61. The maximum Gasteiger partial charge on any atom is 0.230 e. The molecule has 0 saturated carbocycles. The summed E-state index contributed by atoms with van der Waals surface area (Å²) in [5.74, 6) is 1.20. The van der Waals surface area contributed by atoms with Gasteiger partial charge in [0.1, 0.15) is 0 Å². The molecule has 6 heteroatoms. The fourth-order valence-corrected chi connectivity index (χ4v) is 3.57. The minimum atomic E-state index is -0.0778. The zero-order chi connectivity index (χ0) is 16.4. The Morgan fingerprint density at radius 2 is 2.04 bits per heavy atom. The molecule has 0 unspecified atom stereocenters. The van der Waals surface area contributed by atoms with Crippen molar-refractivity contribution in [3.05, 3.63) is 64.4 Å². The van der Waals surface area contributed by atoms with E-state index < -0.39 is 0 Å². The minimum absolute atomic E-state index is 0.0778. The minimum Gasteiger partial charge on any atom is -0.324 e. The summed E-state index contributed by atoms with van der Waals surface area (Å²) >= 11 is 1.57. The van der Waals surface area contributed by atoms with Crippen LogP contribution < -0.4 is 10.2 Å². The Labute approximate surface area is 144 Å². The first-order valence-electron chi connectivity index (χ1n) is 7.81. The summed E-state index contributed by atoms with van der Waals surface area (Å²) in [6.45, 7) is 0.901. The number of rotatable bonds is 4. The van der Waals surface area contributed by atoms with E-state index in [0.717, 1.165) is 23.7 Å². The number of carbonyl (C=O) groups is 1. The molecule has 24 heavy (non-hydrogen) atoms. The lowest BCUT2D eigenvalue weighted by Gasteiger charge is -2.17. The molecule has 0 radical (unpaired) electrons. The molecule has 0 bridgehead atoms. The molecule has 0 saturated heterocycles. The second kappa shape index (κ2) is 6.41. The highest BCUT2D eigenvalue weighted by molar-refractivity contribution is 7.10. The summed E-state index contributed by atoms with van der Waals surface area (Å²) in [5.41, 5.74) is 2.51. The van der Waals surface area contributed by atoms with Gasteiger partial charge in [0.2, 0.25) is 5.91 Å². The van der Waals surface area contributed by atoms with Gasteiger partial charge in [-0.2, -0.15) is 0 Å². The lowest BCUT2D eigenvalue weighted by atomic mass is 10.2. The van der Waals surface area contributed by atoms with Crippen LogP contribution in [0.2, 0.25) is 0 Å². The maximum atomic E-state index is 12.0. The Morgan fingerprint density at radius 1 is 1.12 bits per heavy atom. The second-order valence-corrected chi connectivity index (χ2v) is 6.64. The molecule has 1 aromatic carbocycles. The molecule has 120 valence electrons. The lowest BCUT2D eigenvalue weighted by molar-refractivity contribution is -0.115. The highest BCUT2D eigenvalue weighted by Gasteiger charge is 2.21. The molecule has 0 spiro atoms. The van der Waals surface area contributed by atoms with Gasteiger partial charge in [0, 0.05) is 17.1 Å². The summed E-state index contributed by atoms with van der Waals surface area (Å²) < 4.78 is 0. The Morgan fingerprint density at radius 3 is 2.83 bits per heavy atom. The predicted molar refractivity (Wildman–Crippen MR) is 95.8 cm³/mol. The number of carbonyl (C=O) groups excluding carboxylic acids is 1. The quantitative estimate of drug-likeness (QED) is 0.793. The molecule has 2 aromatic heterocycles.